The summed E-state index contributed by atoms with van der Waals surface area (Å²) in [5.74, 6) is 0.702. The molecule has 0 unspecified atom stereocenters. The third-order valence-corrected chi connectivity index (χ3v) is 3.62. The summed E-state index contributed by atoms with van der Waals surface area (Å²) in [4.78, 5) is 14.0. The van der Waals surface area contributed by atoms with Gasteiger partial charge in [-0.05, 0) is 42.0 Å². The molecule has 2 aromatic carbocycles. The predicted molar refractivity (Wildman–Crippen MR) is 91.1 cm³/mol. The Balaban J connectivity index is 1.83. The molecule has 0 bridgehead atoms. The summed E-state index contributed by atoms with van der Waals surface area (Å²) in [6.07, 6.45) is 0. The predicted octanol–water partition coefficient (Wildman–Crippen LogP) is 3.64. The van der Waals surface area contributed by atoms with E-state index in [4.69, 9.17) is 21.1 Å². The quantitative estimate of drug-likeness (QED) is 0.776. The molecule has 1 amide bonds. The van der Waals surface area contributed by atoms with E-state index in [1.165, 1.54) is 0 Å². The van der Waals surface area contributed by atoms with Gasteiger partial charge in [0, 0.05) is 24.7 Å². The van der Waals surface area contributed by atoms with Gasteiger partial charge in [-0.3, -0.25) is 4.79 Å². The van der Waals surface area contributed by atoms with Crippen LogP contribution in [0.5, 0.6) is 5.75 Å². The van der Waals surface area contributed by atoms with Crippen molar-refractivity contribution in [2.45, 2.75) is 6.61 Å². The second-order valence-corrected chi connectivity index (χ2v) is 5.60. The maximum absolute atomic E-state index is 12.3. The van der Waals surface area contributed by atoms with Crippen LogP contribution in [0.2, 0.25) is 5.02 Å². The van der Waals surface area contributed by atoms with Gasteiger partial charge < -0.3 is 14.4 Å². The number of methoxy groups -OCH3 is 1. The van der Waals surface area contributed by atoms with Gasteiger partial charge in [-0.25, -0.2) is 0 Å². The maximum atomic E-state index is 12.3. The molecule has 0 aliphatic heterocycles. The fourth-order valence-electron chi connectivity index (χ4n) is 2.06. The smallest absolute Gasteiger partial charge is 0.253 e. The first-order chi connectivity index (χ1) is 11.1. The Labute approximate surface area is 141 Å². The number of hydrogen-bond acceptors (Lipinski definition) is 3. The van der Waals surface area contributed by atoms with E-state index in [2.05, 4.69) is 0 Å². The van der Waals surface area contributed by atoms with Gasteiger partial charge in [0.2, 0.25) is 0 Å². The van der Waals surface area contributed by atoms with Gasteiger partial charge in [0.1, 0.15) is 12.4 Å². The second kappa shape index (κ2) is 8.56. The van der Waals surface area contributed by atoms with E-state index >= 15 is 0 Å². The highest BCUT2D eigenvalue weighted by Crippen LogP contribution is 2.15. The average molecular weight is 334 g/mol. The summed E-state index contributed by atoms with van der Waals surface area (Å²) in [5.41, 5.74) is 1.69. The number of likely N-dealkylation sites (N-methyl/N-ethyl adjacent to an activating group) is 1. The van der Waals surface area contributed by atoms with Crippen LogP contribution in [0, 0.1) is 0 Å². The van der Waals surface area contributed by atoms with Crippen LogP contribution in [-0.4, -0.2) is 38.1 Å². The van der Waals surface area contributed by atoms with Crippen molar-refractivity contribution < 1.29 is 14.3 Å². The summed E-state index contributed by atoms with van der Waals surface area (Å²) in [7, 11) is 3.41. The molecule has 23 heavy (non-hydrogen) atoms. The molecule has 0 N–H and O–H groups in total. The highest BCUT2D eigenvalue weighted by Gasteiger charge is 2.11. The standard InChI is InChI=1S/C18H20ClNO3/c1-20(11-12-23-17-9-7-16(19)8-10-17)18(21)15-5-3-14(4-6-15)13-22-2/h3-10H,11-13H2,1-2H3. The first kappa shape index (κ1) is 17.3. The van der Waals surface area contributed by atoms with Gasteiger partial charge in [0.25, 0.3) is 5.91 Å². The highest BCUT2D eigenvalue weighted by atomic mass is 35.5. The lowest BCUT2D eigenvalue weighted by Gasteiger charge is -2.17. The molecule has 5 heteroatoms. The van der Waals surface area contributed by atoms with Crippen LogP contribution in [0.15, 0.2) is 48.5 Å². The summed E-state index contributed by atoms with van der Waals surface area (Å²) in [6, 6.07) is 14.6. The maximum Gasteiger partial charge on any atom is 0.253 e. The van der Waals surface area contributed by atoms with E-state index in [-0.39, 0.29) is 5.91 Å². The van der Waals surface area contributed by atoms with Crippen molar-refractivity contribution in [1.29, 1.82) is 0 Å². The van der Waals surface area contributed by atoms with E-state index in [1.54, 1.807) is 43.3 Å². The number of nitrogens with zero attached hydrogens (tertiary/aromatic N) is 1. The van der Waals surface area contributed by atoms with Crippen LogP contribution in [0.25, 0.3) is 0 Å². The Morgan fingerprint density at radius 3 is 2.35 bits per heavy atom. The van der Waals surface area contributed by atoms with Gasteiger partial charge in [-0.1, -0.05) is 23.7 Å². The Morgan fingerprint density at radius 1 is 1.09 bits per heavy atom. The summed E-state index contributed by atoms with van der Waals surface area (Å²) >= 11 is 5.82. The van der Waals surface area contributed by atoms with Gasteiger partial charge >= 0.3 is 0 Å². The fourth-order valence-corrected chi connectivity index (χ4v) is 2.19. The van der Waals surface area contributed by atoms with Crippen LogP contribution in [0.4, 0.5) is 0 Å². The van der Waals surface area contributed by atoms with Crippen LogP contribution in [0.3, 0.4) is 0 Å². The van der Waals surface area contributed by atoms with Gasteiger partial charge in [0.05, 0.1) is 13.2 Å². The van der Waals surface area contributed by atoms with E-state index in [0.29, 0.717) is 30.3 Å². The normalized spacial score (nSPS) is 10.4. The van der Waals surface area contributed by atoms with Crippen molar-refractivity contribution in [2.24, 2.45) is 0 Å². The fraction of sp³-hybridized carbons (Fsp3) is 0.278. The Morgan fingerprint density at radius 2 is 1.74 bits per heavy atom. The van der Waals surface area contributed by atoms with Crippen molar-refractivity contribution in [3.63, 3.8) is 0 Å². The van der Waals surface area contributed by atoms with Gasteiger partial charge in [-0.2, -0.15) is 0 Å². The molecule has 0 saturated carbocycles. The average Bonchev–Trinajstić information content (AvgIpc) is 2.57. The van der Waals surface area contributed by atoms with Crippen LogP contribution < -0.4 is 4.74 Å². The lowest BCUT2D eigenvalue weighted by molar-refractivity contribution is 0.0773. The SMILES string of the molecule is COCc1ccc(C(=O)N(C)CCOc2ccc(Cl)cc2)cc1. The summed E-state index contributed by atoms with van der Waals surface area (Å²) in [5, 5.41) is 0.668. The van der Waals surface area contributed by atoms with Crippen LogP contribution in [-0.2, 0) is 11.3 Å². The Kier molecular flexibility index (Phi) is 6.44. The molecule has 0 heterocycles. The van der Waals surface area contributed by atoms with Crippen LogP contribution in [0.1, 0.15) is 15.9 Å². The first-order valence-corrected chi connectivity index (χ1v) is 7.69. The van der Waals surface area contributed by atoms with E-state index in [0.717, 1.165) is 11.3 Å². The zero-order valence-electron chi connectivity index (χ0n) is 13.3. The highest BCUT2D eigenvalue weighted by molar-refractivity contribution is 6.30. The van der Waals surface area contributed by atoms with Gasteiger partial charge in [-0.15, -0.1) is 0 Å². The summed E-state index contributed by atoms with van der Waals surface area (Å²) in [6.45, 7) is 1.46. The Bertz CT molecular complexity index is 626. The Hall–Kier alpha value is -2.04. The number of rotatable bonds is 7. The molecule has 0 fully saturated rings. The van der Waals surface area contributed by atoms with E-state index < -0.39 is 0 Å². The minimum absolute atomic E-state index is 0.0336. The van der Waals surface area contributed by atoms with Crippen molar-refractivity contribution in [3.8, 4) is 5.75 Å². The lowest BCUT2D eigenvalue weighted by atomic mass is 10.1. The third kappa shape index (κ3) is 5.27. The minimum Gasteiger partial charge on any atom is -0.492 e. The number of amides is 1. The molecule has 0 saturated heterocycles. The number of hydrogen-bond donors (Lipinski definition) is 0. The lowest BCUT2D eigenvalue weighted by Crippen LogP contribution is -2.30. The number of carbonyl (C=O) groups excluding carboxylic acids is 1. The molecule has 2 rings (SSSR count). The molecular formula is C18H20ClNO3. The molecular weight excluding hydrogens is 314 g/mol. The largest absolute Gasteiger partial charge is 0.492 e. The number of halogens is 1. The van der Waals surface area contributed by atoms with E-state index in [1.807, 2.05) is 24.3 Å². The van der Waals surface area contributed by atoms with Crippen molar-refractivity contribution in [1.82, 2.24) is 4.90 Å². The zero-order chi connectivity index (χ0) is 16.7. The molecule has 0 radical (unpaired) electrons. The number of ether oxygens (including phenoxy) is 2. The summed E-state index contributed by atoms with van der Waals surface area (Å²) < 4.78 is 10.7. The second-order valence-electron chi connectivity index (χ2n) is 5.16. The van der Waals surface area contributed by atoms with Gasteiger partial charge in [0.15, 0.2) is 0 Å². The monoisotopic (exact) mass is 333 g/mol. The zero-order valence-corrected chi connectivity index (χ0v) is 14.0. The number of benzene rings is 2. The van der Waals surface area contributed by atoms with Crippen molar-refractivity contribution in [3.05, 3.63) is 64.7 Å². The topological polar surface area (TPSA) is 38.8 Å². The van der Waals surface area contributed by atoms with Crippen molar-refractivity contribution in [2.75, 3.05) is 27.3 Å². The molecule has 0 aliphatic carbocycles. The molecule has 4 nitrogen and oxygen atoms in total. The molecule has 0 aromatic heterocycles. The van der Waals surface area contributed by atoms with Crippen molar-refractivity contribution >= 4 is 17.5 Å². The van der Waals surface area contributed by atoms with E-state index in [9.17, 15) is 4.79 Å². The molecule has 0 atom stereocenters. The molecule has 0 spiro atoms. The molecule has 0 aliphatic rings. The molecule has 122 valence electrons. The molecule has 2 aromatic rings. The first-order valence-electron chi connectivity index (χ1n) is 7.32. The van der Waals surface area contributed by atoms with Crippen LogP contribution >= 0.6 is 11.6 Å². The number of carbonyl (C=O) groups is 1. The minimum atomic E-state index is -0.0336. The third-order valence-electron chi connectivity index (χ3n) is 3.37.